The first-order chi connectivity index (χ1) is 13.6. The fourth-order valence-electron chi connectivity index (χ4n) is 3.40. The van der Waals surface area contributed by atoms with Crippen LogP contribution in [0.3, 0.4) is 0 Å². The number of rotatable bonds is 15. The molecule has 0 aromatic rings. The predicted molar refractivity (Wildman–Crippen MR) is 128 cm³/mol. The third-order valence-corrected chi connectivity index (χ3v) is 4.79. The van der Waals surface area contributed by atoms with Crippen molar-refractivity contribution < 1.29 is 14.3 Å². The van der Waals surface area contributed by atoms with Gasteiger partial charge in [0.15, 0.2) is 0 Å². The van der Waals surface area contributed by atoms with Crippen molar-refractivity contribution in [3.63, 3.8) is 0 Å². The van der Waals surface area contributed by atoms with Crippen LogP contribution in [0.1, 0.15) is 81.6 Å². The second-order valence-corrected chi connectivity index (χ2v) is 10.1. The lowest BCUT2D eigenvalue weighted by atomic mass is 9.77. The number of likely N-dealkylation sites (N-methyl/N-ethyl adjacent to an activating group) is 1. The van der Waals surface area contributed by atoms with Crippen LogP contribution in [0.15, 0.2) is 0 Å². The number of nitrogens with two attached hydrogens (primary N) is 1. The van der Waals surface area contributed by atoms with Crippen LogP contribution in [0, 0.1) is 5.41 Å². The maximum Gasteiger partial charge on any atom is 0.220 e. The van der Waals surface area contributed by atoms with E-state index in [1.165, 1.54) is 0 Å². The highest BCUT2D eigenvalue weighted by atomic mass is 16.5. The lowest BCUT2D eigenvalue weighted by molar-refractivity contribution is -0.124. The summed E-state index contributed by atoms with van der Waals surface area (Å²) in [5, 5.41) is 9.33. The quantitative estimate of drug-likeness (QED) is 0.235. The average Bonchev–Trinajstić information content (AvgIpc) is 2.58. The van der Waals surface area contributed by atoms with E-state index in [9.17, 15) is 4.79 Å². The summed E-state index contributed by atoms with van der Waals surface area (Å²) < 4.78 is 11.6. The first-order valence-corrected chi connectivity index (χ1v) is 11.3. The summed E-state index contributed by atoms with van der Waals surface area (Å²) >= 11 is 0. The molecule has 0 aromatic heterocycles. The summed E-state index contributed by atoms with van der Waals surface area (Å²) in [5.41, 5.74) is 5.07. The number of carbonyl (C=O) groups excluding carboxylic acids is 1. The Labute approximate surface area is 186 Å². The minimum absolute atomic E-state index is 0.00190. The molecule has 0 bridgehead atoms. The third kappa shape index (κ3) is 17.0. The van der Waals surface area contributed by atoms with Gasteiger partial charge in [0.2, 0.25) is 5.91 Å². The molecular formula is C23H52N4O3. The average molecular weight is 433 g/mol. The standard InChI is InChI=1S/C21H46N4O3.C2H6/c1-18(2,15-19(3,4)24-9)14-17(26)25-11-13-28-21(7,22)10-12-27-20(5,6)16-23-8;1-2/h23-24H,10-16,22H2,1-9H3,(H,25,26);1-2H3. The number of hydrogen-bond acceptors (Lipinski definition) is 6. The van der Waals surface area contributed by atoms with E-state index in [2.05, 4.69) is 43.6 Å². The van der Waals surface area contributed by atoms with Gasteiger partial charge in [0.05, 0.1) is 18.8 Å². The number of amides is 1. The van der Waals surface area contributed by atoms with Gasteiger partial charge >= 0.3 is 0 Å². The first kappa shape index (κ1) is 31.5. The van der Waals surface area contributed by atoms with E-state index in [1.807, 2.05) is 48.7 Å². The Bertz CT molecular complexity index is 463. The highest BCUT2D eigenvalue weighted by Crippen LogP contribution is 2.30. The van der Waals surface area contributed by atoms with E-state index < -0.39 is 5.72 Å². The molecule has 0 aromatic carbocycles. The Kier molecular flexibility index (Phi) is 15.1. The summed E-state index contributed by atoms with van der Waals surface area (Å²) in [4.78, 5) is 12.3. The van der Waals surface area contributed by atoms with Gasteiger partial charge in [-0.25, -0.2) is 0 Å². The van der Waals surface area contributed by atoms with E-state index in [-0.39, 0.29) is 22.5 Å². The Morgan fingerprint density at radius 1 is 0.933 bits per heavy atom. The van der Waals surface area contributed by atoms with E-state index in [0.29, 0.717) is 32.6 Å². The highest BCUT2D eigenvalue weighted by molar-refractivity contribution is 5.76. The summed E-state index contributed by atoms with van der Waals surface area (Å²) in [6, 6.07) is 0. The summed E-state index contributed by atoms with van der Waals surface area (Å²) in [7, 11) is 3.85. The summed E-state index contributed by atoms with van der Waals surface area (Å²) in [5.74, 6) is 0.0383. The monoisotopic (exact) mass is 432 g/mol. The van der Waals surface area contributed by atoms with Crippen LogP contribution in [0.5, 0.6) is 0 Å². The molecule has 0 radical (unpaired) electrons. The fourth-order valence-corrected chi connectivity index (χ4v) is 3.40. The Hall–Kier alpha value is -0.730. The predicted octanol–water partition coefficient (Wildman–Crippen LogP) is 3.03. The van der Waals surface area contributed by atoms with E-state index in [0.717, 1.165) is 13.0 Å². The van der Waals surface area contributed by atoms with Crippen molar-refractivity contribution in [2.75, 3.05) is 40.4 Å². The van der Waals surface area contributed by atoms with Gasteiger partial charge in [0, 0.05) is 31.5 Å². The normalized spacial score (nSPS) is 14.5. The summed E-state index contributed by atoms with van der Waals surface area (Å²) in [6.07, 6.45) is 1.97. The van der Waals surface area contributed by atoms with Crippen LogP contribution in [0.25, 0.3) is 0 Å². The van der Waals surface area contributed by atoms with Gasteiger partial charge in [-0.15, -0.1) is 0 Å². The zero-order chi connectivity index (χ0) is 24.1. The molecule has 1 unspecified atom stereocenters. The van der Waals surface area contributed by atoms with Crippen molar-refractivity contribution in [2.45, 2.75) is 98.4 Å². The van der Waals surface area contributed by atoms with Gasteiger partial charge in [0.1, 0.15) is 5.72 Å². The molecule has 1 atom stereocenters. The highest BCUT2D eigenvalue weighted by Gasteiger charge is 2.29. The van der Waals surface area contributed by atoms with Crippen molar-refractivity contribution in [1.29, 1.82) is 0 Å². The van der Waals surface area contributed by atoms with Gasteiger partial charge in [-0.2, -0.15) is 0 Å². The minimum Gasteiger partial charge on any atom is -0.374 e. The van der Waals surface area contributed by atoms with Crippen molar-refractivity contribution in [3.05, 3.63) is 0 Å². The SMILES string of the molecule is CC.CNCC(C)(C)OCCC(C)(N)OCCNC(=O)CC(C)(C)CC(C)(C)NC. The van der Waals surface area contributed by atoms with Gasteiger partial charge < -0.3 is 31.2 Å². The van der Waals surface area contributed by atoms with E-state index >= 15 is 0 Å². The molecule has 0 rings (SSSR count). The van der Waals surface area contributed by atoms with Crippen LogP contribution >= 0.6 is 0 Å². The smallest absolute Gasteiger partial charge is 0.220 e. The third-order valence-electron chi connectivity index (χ3n) is 4.79. The molecule has 30 heavy (non-hydrogen) atoms. The molecule has 182 valence electrons. The second kappa shape index (κ2) is 14.4. The molecule has 0 heterocycles. The molecule has 0 saturated carbocycles. The Balaban J connectivity index is 0. The van der Waals surface area contributed by atoms with Crippen molar-refractivity contribution in [1.82, 2.24) is 16.0 Å². The van der Waals surface area contributed by atoms with E-state index in [1.54, 1.807) is 0 Å². The molecule has 0 aliphatic heterocycles. The first-order valence-electron chi connectivity index (χ1n) is 11.3. The van der Waals surface area contributed by atoms with Gasteiger partial charge in [-0.3, -0.25) is 4.79 Å². The summed E-state index contributed by atoms with van der Waals surface area (Å²) in [6.45, 7) is 20.5. The van der Waals surface area contributed by atoms with Crippen LogP contribution in [-0.2, 0) is 14.3 Å². The van der Waals surface area contributed by atoms with Crippen molar-refractivity contribution in [2.24, 2.45) is 11.1 Å². The minimum atomic E-state index is -0.781. The van der Waals surface area contributed by atoms with Gasteiger partial charge in [-0.05, 0) is 60.5 Å². The lowest BCUT2D eigenvalue weighted by Crippen LogP contribution is -2.44. The fraction of sp³-hybridized carbons (Fsp3) is 0.957. The second-order valence-electron chi connectivity index (χ2n) is 10.1. The largest absolute Gasteiger partial charge is 0.374 e. The van der Waals surface area contributed by atoms with Gasteiger partial charge in [-0.1, -0.05) is 27.7 Å². The zero-order valence-electron chi connectivity index (χ0n) is 21.8. The van der Waals surface area contributed by atoms with Crippen molar-refractivity contribution in [3.8, 4) is 0 Å². The number of carbonyl (C=O) groups is 1. The molecule has 0 aliphatic rings. The Morgan fingerprint density at radius 2 is 1.50 bits per heavy atom. The number of hydrogen-bond donors (Lipinski definition) is 4. The lowest BCUT2D eigenvalue weighted by Gasteiger charge is -2.34. The van der Waals surface area contributed by atoms with Crippen LogP contribution < -0.4 is 21.7 Å². The molecule has 0 spiro atoms. The van der Waals surface area contributed by atoms with Crippen LogP contribution in [0.4, 0.5) is 0 Å². The topological polar surface area (TPSA) is 97.6 Å². The van der Waals surface area contributed by atoms with Crippen molar-refractivity contribution >= 4 is 5.91 Å². The molecule has 0 saturated heterocycles. The number of ether oxygens (including phenoxy) is 2. The van der Waals surface area contributed by atoms with E-state index in [4.69, 9.17) is 15.2 Å². The molecule has 7 nitrogen and oxygen atoms in total. The molecule has 0 aliphatic carbocycles. The number of nitrogens with one attached hydrogen (secondary N) is 3. The molecule has 5 N–H and O–H groups in total. The molecule has 1 amide bonds. The molecular weight excluding hydrogens is 380 g/mol. The van der Waals surface area contributed by atoms with Crippen LogP contribution in [-0.4, -0.2) is 63.2 Å². The maximum atomic E-state index is 12.3. The van der Waals surface area contributed by atoms with Gasteiger partial charge in [0.25, 0.3) is 0 Å². The maximum absolute atomic E-state index is 12.3. The molecule has 7 heteroatoms. The molecule has 0 fully saturated rings. The Morgan fingerprint density at radius 3 is 2.00 bits per heavy atom. The van der Waals surface area contributed by atoms with Crippen LogP contribution in [0.2, 0.25) is 0 Å². The zero-order valence-corrected chi connectivity index (χ0v) is 21.8.